The maximum atomic E-state index is 12.0. The molecular formula is C22H27N5O2S. The smallest absolute Gasteiger partial charge is 0.234 e. The highest BCUT2D eigenvalue weighted by atomic mass is 32.1. The van der Waals surface area contributed by atoms with Gasteiger partial charge in [-0.15, -0.1) is 5.10 Å². The zero-order valence-corrected chi connectivity index (χ0v) is 18.4. The van der Waals surface area contributed by atoms with Gasteiger partial charge in [0, 0.05) is 17.8 Å². The number of rotatable bonds is 9. The first-order chi connectivity index (χ1) is 14.5. The van der Waals surface area contributed by atoms with Gasteiger partial charge < -0.3 is 10.1 Å². The first-order valence-electron chi connectivity index (χ1n) is 9.88. The van der Waals surface area contributed by atoms with Crippen LogP contribution in [0.3, 0.4) is 0 Å². The number of carbonyl (C=O) groups is 1. The molecule has 0 spiro atoms. The number of hydrogen-bond donors (Lipinski definition) is 1. The minimum atomic E-state index is -0.0104. The van der Waals surface area contributed by atoms with Gasteiger partial charge in [-0.05, 0) is 62.1 Å². The van der Waals surface area contributed by atoms with Crippen LogP contribution in [0.4, 0.5) is 0 Å². The van der Waals surface area contributed by atoms with E-state index in [1.165, 1.54) is 0 Å². The molecule has 158 valence electrons. The van der Waals surface area contributed by atoms with Crippen LogP contribution in [0.2, 0.25) is 0 Å². The van der Waals surface area contributed by atoms with Crippen molar-refractivity contribution in [3.63, 3.8) is 0 Å². The monoisotopic (exact) mass is 425 g/mol. The summed E-state index contributed by atoms with van der Waals surface area (Å²) in [6.45, 7) is 3.38. The van der Waals surface area contributed by atoms with Crippen molar-refractivity contribution in [2.75, 3.05) is 27.2 Å². The lowest BCUT2D eigenvalue weighted by Gasteiger charge is -2.15. The highest BCUT2D eigenvalue weighted by molar-refractivity contribution is 7.71. The number of amides is 1. The van der Waals surface area contributed by atoms with E-state index in [1.54, 1.807) is 11.8 Å². The van der Waals surface area contributed by atoms with Crippen LogP contribution >= 0.6 is 12.2 Å². The number of nitrogens with one attached hydrogen (secondary N) is 1. The summed E-state index contributed by atoms with van der Waals surface area (Å²) in [7, 11) is 3.52. The standard InChI is InChI=1S/C22H27N5O2S/c1-4-14-23-20(28)15-25(2)16-26-22(30)27(18-8-6-5-7-9-18)21(24-26)17-10-12-19(29-3)13-11-17/h5-13H,4,14-16H2,1-3H3,(H,23,28). The van der Waals surface area contributed by atoms with Gasteiger partial charge in [0.2, 0.25) is 10.7 Å². The molecule has 3 rings (SSSR count). The predicted octanol–water partition coefficient (Wildman–Crippen LogP) is 3.49. The third-order valence-corrected chi connectivity index (χ3v) is 4.96. The Morgan fingerprint density at radius 3 is 2.50 bits per heavy atom. The maximum absolute atomic E-state index is 12.0. The Balaban J connectivity index is 1.94. The molecule has 1 N–H and O–H groups in total. The van der Waals surface area contributed by atoms with E-state index in [-0.39, 0.29) is 12.5 Å². The molecule has 0 aliphatic heterocycles. The highest BCUT2D eigenvalue weighted by Gasteiger charge is 2.16. The van der Waals surface area contributed by atoms with Crippen molar-refractivity contribution >= 4 is 18.1 Å². The third-order valence-electron chi connectivity index (χ3n) is 4.56. The van der Waals surface area contributed by atoms with Gasteiger partial charge in [0.25, 0.3) is 0 Å². The van der Waals surface area contributed by atoms with E-state index >= 15 is 0 Å². The highest BCUT2D eigenvalue weighted by Crippen LogP contribution is 2.24. The lowest BCUT2D eigenvalue weighted by molar-refractivity contribution is -0.122. The number of para-hydroxylation sites is 1. The van der Waals surface area contributed by atoms with Gasteiger partial charge in [-0.1, -0.05) is 25.1 Å². The first-order valence-corrected chi connectivity index (χ1v) is 10.3. The molecule has 0 bridgehead atoms. The molecule has 0 aliphatic carbocycles. The Morgan fingerprint density at radius 1 is 1.17 bits per heavy atom. The lowest BCUT2D eigenvalue weighted by atomic mass is 10.2. The van der Waals surface area contributed by atoms with Crippen molar-refractivity contribution in [1.29, 1.82) is 0 Å². The van der Waals surface area contributed by atoms with E-state index in [4.69, 9.17) is 22.1 Å². The van der Waals surface area contributed by atoms with Crippen LogP contribution in [-0.4, -0.2) is 52.4 Å². The molecule has 0 unspecified atom stereocenters. The summed E-state index contributed by atoms with van der Waals surface area (Å²) in [5, 5.41) is 7.67. The van der Waals surface area contributed by atoms with Crippen molar-refractivity contribution in [2.45, 2.75) is 20.0 Å². The molecule has 0 fully saturated rings. The minimum absolute atomic E-state index is 0.0104. The van der Waals surface area contributed by atoms with E-state index in [0.717, 1.165) is 29.2 Å². The zero-order chi connectivity index (χ0) is 21.5. The average Bonchev–Trinajstić information content (AvgIpc) is 3.08. The fraction of sp³-hybridized carbons (Fsp3) is 0.318. The Labute approximate surface area is 181 Å². The molecule has 8 heteroatoms. The van der Waals surface area contributed by atoms with Gasteiger partial charge in [-0.3, -0.25) is 14.3 Å². The predicted molar refractivity (Wildman–Crippen MR) is 120 cm³/mol. The van der Waals surface area contributed by atoms with Crippen LogP contribution in [0.1, 0.15) is 13.3 Å². The topological polar surface area (TPSA) is 64.3 Å². The summed E-state index contributed by atoms with van der Waals surface area (Å²) in [5.74, 6) is 1.50. The van der Waals surface area contributed by atoms with Crippen LogP contribution in [0.5, 0.6) is 5.75 Å². The van der Waals surface area contributed by atoms with E-state index in [9.17, 15) is 4.79 Å². The Morgan fingerprint density at radius 2 is 1.87 bits per heavy atom. The van der Waals surface area contributed by atoms with Crippen LogP contribution in [0.15, 0.2) is 54.6 Å². The molecule has 7 nitrogen and oxygen atoms in total. The van der Waals surface area contributed by atoms with E-state index in [2.05, 4.69) is 5.32 Å². The molecule has 2 aromatic carbocycles. The fourth-order valence-corrected chi connectivity index (χ4v) is 3.37. The Kier molecular flexibility index (Phi) is 7.37. The number of ether oxygens (including phenoxy) is 1. The van der Waals surface area contributed by atoms with Crippen molar-refractivity contribution < 1.29 is 9.53 Å². The molecule has 30 heavy (non-hydrogen) atoms. The molecule has 1 amide bonds. The number of aromatic nitrogens is 3. The number of benzene rings is 2. The molecule has 0 aliphatic rings. The van der Waals surface area contributed by atoms with Gasteiger partial charge in [0.1, 0.15) is 5.75 Å². The molecule has 3 aromatic rings. The quantitative estimate of drug-likeness (QED) is 0.532. The lowest BCUT2D eigenvalue weighted by Crippen LogP contribution is -2.36. The SMILES string of the molecule is CCCNC(=O)CN(C)Cn1nc(-c2ccc(OC)cc2)n(-c2ccccc2)c1=S. The van der Waals surface area contributed by atoms with E-state index in [0.29, 0.717) is 18.0 Å². The summed E-state index contributed by atoms with van der Waals surface area (Å²) in [6, 6.07) is 17.6. The molecule has 1 heterocycles. The summed E-state index contributed by atoms with van der Waals surface area (Å²) in [5.41, 5.74) is 1.86. The van der Waals surface area contributed by atoms with Gasteiger partial charge in [0.05, 0.1) is 20.3 Å². The summed E-state index contributed by atoms with van der Waals surface area (Å²) < 4.78 is 9.52. The second kappa shape index (κ2) is 10.2. The Hall–Kier alpha value is -2.97. The number of carbonyl (C=O) groups excluding carboxylic acids is 1. The zero-order valence-electron chi connectivity index (χ0n) is 17.5. The fourth-order valence-electron chi connectivity index (χ4n) is 3.08. The van der Waals surface area contributed by atoms with E-state index < -0.39 is 0 Å². The molecule has 0 atom stereocenters. The molecule has 0 saturated carbocycles. The maximum Gasteiger partial charge on any atom is 0.234 e. The van der Waals surface area contributed by atoms with Gasteiger partial charge in [-0.2, -0.15) is 0 Å². The largest absolute Gasteiger partial charge is 0.497 e. The van der Waals surface area contributed by atoms with Gasteiger partial charge >= 0.3 is 0 Å². The summed E-state index contributed by atoms with van der Waals surface area (Å²) in [6.07, 6.45) is 0.910. The second-order valence-electron chi connectivity index (χ2n) is 7.01. The van der Waals surface area contributed by atoms with Gasteiger partial charge in [-0.25, -0.2) is 4.68 Å². The Bertz CT molecular complexity index is 1030. The van der Waals surface area contributed by atoms with Crippen molar-refractivity contribution in [1.82, 2.24) is 24.6 Å². The number of methoxy groups -OCH3 is 1. The molecule has 0 radical (unpaired) electrons. The number of nitrogens with zero attached hydrogens (tertiary/aromatic N) is 4. The minimum Gasteiger partial charge on any atom is -0.497 e. The number of likely N-dealkylation sites (N-methyl/N-ethyl adjacent to an activating group) is 1. The third kappa shape index (κ3) is 5.14. The number of hydrogen-bond acceptors (Lipinski definition) is 5. The van der Waals surface area contributed by atoms with Crippen LogP contribution in [-0.2, 0) is 11.5 Å². The summed E-state index contributed by atoms with van der Waals surface area (Å²) >= 11 is 5.76. The first kappa shape index (κ1) is 21.7. The van der Waals surface area contributed by atoms with Crippen LogP contribution < -0.4 is 10.1 Å². The van der Waals surface area contributed by atoms with Crippen molar-refractivity contribution in [2.24, 2.45) is 0 Å². The van der Waals surface area contributed by atoms with Crippen LogP contribution in [0.25, 0.3) is 17.1 Å². The second-order valence-corrected chi connectivity index (χ2v) is 7.38. The molecule has 0 saturated heterocycles. The molecular weight excluding hydrogens is 398 g/mol. The van der Waals surface area contributed by atoms with E-state index in [1.807, 2.05) is 78.0 Å². The van der Waals surface area contributed by atoms with Crippen LogP contribution in [0, 0.1) is 4.77 Å². The average molecular weight is 426 g/mol. The van der Waals surface area contributed by atoms with Crippen molar-refractivity contribution in [3.8, 4) is 22.8 Å². The normalized spacial score (nSPS) is 10.9. The van der Waals surface area contributed by atoms with Gasteiger partial charge in [0.15, 0.2) is 5.82 Å². The molecule has 1 aromatic heterocycles. The summed E-state index contributed by atoms with van der Waals surface area (Å²) in [4.78, 5) is 13.9. The van der Waals surface area contributed by atoms with Crippen molar-refractivity contribution in [3.05, 3.63) is 59.4 Å².